The number of benzene rings is 1. The SMILES string of the molecule is CCCS(=O)(=O)Nc1nc2ccc(N)cc2s1. The van der Waals surface area contributed by atoms with Crippen molar-refractivity contribution in [2.45, 2.75) is 13.3 Å². The molecule has 2 aromatic rings. The third-order valence-corrected chi connectivity index (χ3v) is 4.64. The van der Waals surface area contributed by atoms with Crippen molar-refractivity contribution in [1.82, 2.24) is 4.98 Å². The number of anilines is 2. The minimum atomic E-state index is -3.28. The maximum absolute atomic E-state index is 11.6. The minimum absolute atomic E-state index is 0.102. The number of sulfonamides is 1. The number of fused-ring (bicyclic) bond motifs is 1. The van der Waals surface area contributed by atoms with Crippen molar-refractivity contribution < 1.29 is 8.42 Å². The van der Waals surface area contributed by atoms with Gasteiger partial charge >= 0.3 is 0 Å². The van der Waals surface area contributed by atoms with Gasteiger partial charge in [-0.25, -0.2) is 13.4 Å². The predicted octanol–water partition coefficient (Wildman–Crippen LogP) is 2.03. The fourth-order valence-corrected chi connectivity index (χ4v) is 3.70. The first-order valence-electron chi connectivity index (χ1n) is 5.17. The molecule has 2 rings (SSSR count). The maximum Gasteiger partial charge on any atom is 0.234 e. The molecule has 1 aromatic carbocycles. The van der Waals surface area contributed by atoms with Crippen LogP contribution in [-0.2, 0) is 10.0 Å². The predicted molar refractivity (Wildman–Crippen MR) is 71.7 cm³/mol. The van der Waals surface area contributed by atoms with E-state index in [4.69, 9.17) is 5.73 Å². The van der Waals surface area contributed by atoms with E-state index in [9.17, 15) is 8.42 Å². The highest BCUT2D eigenvalue weighted by atomic mass is 32.2. The van der Waals surface area contributed by atoms with E-state index in [-0.39, 0.29) is 5.75 Å². The molecule has 0 saturated heterocycles. The highest BCUT2D eigenvalue weighted by Gasteiger charge is 2.12. The molecule has 0 bridgehead atoms. The summed E-state index contributed by atoms with van der Waals surface area (Å²) in [6.07, 6.45) is 0.577. The molecule has 1 aromatic heterocycles. The summed E-state index contributed by atoms with van der Waals surface area (Å²) in [6, 6.07) is 5.30. The Hall–Kier alpha value is -1.34. The number of nitrogens with two attached hydrogens (primary N) is 1. The van der Waals surface area contributed by atoms with E-state index >= 15 is 0 Å². The summed E-state index contributed by atoms with van der Waals surface area (Å²) >= 11 is 1.28. The van der Waals surface area contributed by atoms with E-state index in [0.717, 1.165) is 10.2 Å². The molecule has 0 radical (unpaired) electrons. The van der Waals surface area contributed by atoms with Crippen molar-refractivity contribution >= 4 is 42.4 Å². The number of rotatable bonds is 4. The van der Waals surface area contributed by atoms with Crippen molar-refractivity contribution in [3.8, 4) is 0 Å². The largest absolute Gasteiger partial charge is 0.399 e. The molecule has 0 aliphatic heterocycles. The first-order chi connectivity index (χ1) is 8.00. The third-order valence-electron chi connectivity index (χ3n) is 2.13. The number of aromatic nitrogens is 1. The Kier molecular flexibility index (Phi) is 3.21. The van der Waals surface area contributed by atoms with E-state index in [1.807, 2.05) is 6.92 Å². The van der Waals surface area contributed by atoms with Crippen molar-refractivity contribution in [2.75, 3.05) is 16.2 Å². The summed E-state index contributed by atoms with van der Waals surface area (Å²) in [4.78, 5) is 4.19. The van der Waals surface area contributed by atoms with Crippen molar-refractivity contribution in [3.63, 3.8) is 0 Å². The highest BCUT2D eigenvalue weighted by Crippen LogP contribution is 2.28. The van der Waals surface area contributed by atoms with Gasteiger partial charge in [0.1, 0.15) is 0 Å². The number of nitrogen functional groups attached to an aromatic ring is 1. The molecule has 92 valence electrons. The van der Waals surface area contributed by atoms with Gasteiger partial charge in [0.05, 0.1) is 16.0 Å². The Balaban J connectivity index is 2.31. The second-order valence-corrected chi connectivity index (χ2v) is 6.54. The van der Waals surface area contributed by atoms with Gasteiger partial charge in [0.15, 0.2) is 5.13 Å². The zero-order chi connectivity index (χ0) is 12.5. The fourth-order valence-electron chi connectivity index (χ4n) is 1.44. The molecule has 0 amide bonds. The van der Waals surface area contributed by atoms with Crippen LogP contribution in [0.2, 0.25) is 0 Å². The highest BCUT2D eigenvalue weighted by molar-refractivity contribution is 7.92. The Morgan fingerprint density at radius 3 is 2.94 bits per heavy atom. The smallest absolute Gasteiger partial charge is 0.234 e. The van der Waals surface area contributed by atoms with Gasteiger partial charge in [0.2, 0.25) is 10.0 Å². The van der Waals surface area contributed by atoms with Crippen LogP contribution < -0.4 is 10.5 Å². The molecule has 0 aliphatic rings. The molecule has 7 heteroatoms. The van der Waals surface area contributed by atoms with E-state index in [1.54, 1.807) is 18.2 Å². The average Bonchev–Trinajstić information content (AvgIpc) is 2.57. The van der Waals surface area contributed by atoms with Crippen LogP contribution in [0.3, 0.4) is 0 Å². The van der Waals surface area contributed by atoms with Crippen LogP contribution in [0.4, 0.5) is 10.8 Å². The number of hydrogen-bond acceptors (Lipinski definition) is 5. The second-order valence-electron chi connectivity index (χ2n) is 3.67. The van der Waals surface area contributed by atoms with Gasteiger partial charge in [-0.1, -0.05) is 18.3 Å². The van der Waals surface area contributed by atoms with Crippen LogP contribution in [0, 0.1) is 0 Å². The van der Waals surface area contributed by atoms with Crippen LogP contribution in [0.25, 0.3) is 10.2 Å². The molecule has 0 unspecified atom stereocenters. The molecule has 0 atom stereocenters. The van der Waals surface area contributed by atoms with Crippen LogP contribution in [-0.4, -0.2) is 19.2 Å². The molecule has 3 N–H and O–H groups in total. The standard InChI is InChI=1S/C10H13N3O2S2/c1-2-5-17(14,15)13-10-12-8-4-3-7(11)6-9(8)16-10/h3-4,6H,2,5,11H2,1H3,(H,12,13). The number of nitrogens with zero attached hydrogens (tertiary/aromatic N) is 1. The van der Waals surface area contributed by atoms with Crippen LogP contribution in [0.1, 0.15) is 13.3 Å². The van der Waals surface area contributed by atoms with Crippen molar-refractivity contribution in [2.24, 2.45) is 0 Å². The zero-order valence-electron chi connectivity index (χ0n) is 9.30. The third kappa shape index (κ3) is 2.86. The summed E-state index contributed by atoms with van der Waals surface area (Å²) in [6.45, 7) is 1.82. The van der Waals surface area contributed by atoms with Gasteiger partial charge in [-0.05, 0) is 24.6 Å². The summed E-state index contributed by atoms with van der Waals surface area (Å²) in [5, 5.41) is 0.388. The zero-order valence-corrected chi connectivity index (χ0v) is 10.9. The minimum Gasteiger partial charge on any atom is -0.399 e. The van der Waals surface area contributed by atoms with Crippen LogP contribution in [0.5, 0.6) is 0 Å². The number of nitrogens with one attached hydrogen (secondary N) is 1. The molecule has 0 spiro atoms. The molecule has 0 fully saturated rings. The maximum atomic E-state index is 11.6. The summed E-state index contributed by atoms with van der Waals surface area (Å²) in [5.74, 6) is 0.102. The van der Waals surface area contributed by atoms with Gasteiger partial charge in [-0.15, -0.1) is 0 Å². The molecule has 0 saturated carbocycles. The van der Waals surface area contributed by atoms with Gasteiger partial charge in [-0.2, -0.15) is 0 Å². The molecule has 1 heterocycles. The Labute approximate surface area is 104 Å². The number of hydrogen-bond donors (Lipinski definition) is 2. The van der Waals surface area contributed by atoms with E-state index in [2.05, 4.69) is 9.71 Å². The lowest BCUT2D eigenvalue weighted by atomic mass is 10.3. The number of thiazole rings is 1. The monoisotopic (exact) mass is 271 g/mol. The van der Waals surface area contributed by atoms with Gasteiger partial charge in [0, 0.05) is 5.69 Å². The normalized spacial score (nSPS) is 11.8. The fraction of sp³-hybridized carbons (Fsp3) is 0.300. The molecular weight excluding hydrogens is 258 g/mol. The Bertz CT molecular complexity index is 634. The van der Waals surface area contributed by atoms with Crippen LogP contribution in [0.15, 0.2) is 18.2 Å². The summed E-state index contributed by atoms with van der Waals surface area (Å²) in [7, 11) is -3.28. The summed E-state index contributed by atoms with van der Waals surface area (Å²) in [5.41, 5.74) is 7.04. The van der Waals surface area contributed by atoms with E-state index < -0.39 is 10.0 Å². The molecular formula is C10H13N3O2S2. The lowest BCUT2D eigenvalue weighted by Crippen LogP contribution is -2.15. The van der Waals surface area contributed by atoms with E-state index in [1.165, 1.54) is 11.3 Å². The Morgan fingerprint density at radius 1 is 1.47 bits per heavy atom. The van der Waals surface area contributed by atoms with Gasteiger partial charge < -0.3 is 5.73 Å². The molecule has 5 nitrogen and oxygen atoms in total. The van der Waals surface area contributed by atoms with Crippen molar-refractivity contribution in [1.29, 1.82) is 0 Å². The lowest BCUT2D eigenvalue weighted by molar-refractivity contribution is 0.600. The van der Waals surface area contributed by atoms with Crippen LogP contribution >= 0.6 is 11.3 Å². The second kappa shape index (κ2) is 4.50. The lowest BCUT2D eigenvalue weighted by Gasteiger charge is -2.01. The van der Waals surface area contributed by atoms with Crippen molar-refractivity contribution in [3.05, 3.63) is 18.2 Å². The summed E-state index contributed by atoms with van der Waals surface area (Å²) < 4.78 is 26.5. The van der Waals surface area contributed by atoms with Gasteiger partial charge in [-0.3, -0.25) is 4.72 Å². The van der Waals surface area contributed by atoms with Gasteiger partial charge in [0.25, 0.3) is 0 Å². The topological polar surface area (TPSA) is 85.1 Å². The molecule has 17 heavy (non-hydrogen) atoms. The quantitative estimate of drug-likeness (QED) is 0.833. The van der Waals surface area contributed by atoms with E-state index in [0.29, 0.717) is 17.2 Å². The molecule has 0 aliphatic carbocycles. The average molecular weight is 271 g/mol. The first kappa shape index (κ1) is 12.1. The Morgan fingerprint density at radius 2 is 2.24 bits per heavy atom. The first-order valence-corrected chi connectivity index (χ1v) is 7.63.